The molecule has 9 rings (SSSR count). The van der Waals surface area contributed by atoms with E-state index in [0.29, 0.717) is 25.8 Å². The molecule has 3 aliphatic rings. The lowest BCUT2D eigenvalue weighted by atomic mass is 9.94. The average molecular weight is 1340 g/mol. The first-order chi connectivity index (χ1) is 47.2. The van der Waals surface area contributed by atoms with Gasteiger partial charge in [-0.15, -0.1) is 0 Å². The first-order valence-electron chi connectivity index (χ1n) is 33.1. The molecule has 3 aliphatic heterocycles. The molecule has 3 saturated heterocycles. The third-order valence-corrected chi connectivity index (χ3v) is 16.3. The zero-order valence-electron chi connectivity index (χ0n) is 55.5. The number of unbranched alkanes of at least 4 members (excludes halogenated alkanes) is 3. The van der Waals surface area contributed by atoms with E-state index in [1.807, 2.05) is 189 Å². The normalized spacial score (nSPS) is 25.4. The minimum atomic E-state index is -1.70. The summed E-state index contributed by atoms with van der Waals surface area (Å²) in [5, 5.41) is 5.90. The second-order valence-electron chi connectivity index (χ2n) is 24.0. The highest BCUT2D eigenvalue weighted by Gasteiger charge is 2.58. The molecule has 0 saturated carbocycles. The van der Waals surface area contributed by atoms with Gasteiger partial charge in [-0.1, -0.05) is 195 Å². The maximum absolute atomic E-state index is 13.9. The number of nitrogens with one attached hydrogen (secondary N) is 2. The van der Waals surface area contributed by atoms with Gasteiger partial charge >= 0.3 is 24.0 Å². The lowest BCUT2D eigenvalue weighted by Gasteiger charge is -2.51. The van der Waals surface area contributed by atoms with Gasteiger partial charge in [0.15, 0.2) is 37.2 Å². The van der Waals surface area contributed by atoms with Gasteiger partial charge in [0.2, 0.25) is 5.91 Å². The lowest BCUT2D eigenvalue weighted by Crippen LogP contribution is -2.70. The van der Waals surface area contributed by atoms with Crippen LogP contribution in [0.25, 0.3) is 0 Å². The fraction of sp³-hybridized carbons (Fsp3) is 0.453. The number of carbonyl (C=O) groups is 5. The lowest BCUT2D eigenvalue weighted by molar-refractivity contribution is -0.379. The van der Waals surface area contributed by atoms with E-state index >= 15 is 0 Å². The summed E-state index contributed by atoms with van der Waals surface area (Å²) in [5.41, 5.74) is 5.15. The summed E-state index contributed by atoms with van der Waals surface area (Å²) in [6.45, 7) is 7.53. The van der Waals surface area contributed by atoms with Crippen molar-refractivity contribution in [2.45, 2.75) is 192 Å². The van der Waals surface area contributed by atoms with Crippen molar-refractivity contribution in [1.82, 2.24) is 10.6 Å². The third-order valence-electron chi connectivity index (χ3n) is 16.3. The van der Waals surface area contributed by atoms with Crippen molar-refractivity contribution in [2.24, 2.45) is 0 Å². The van der Waals surface area contributed by atoms with Gasteiger partial charge in [-0.25, -0.2) is 4.79 Å². The molecule has 6 aromatic carbocycles. The van der Waals surface area contributed by atoms with Crippen LogP contribution in [0, 0.1) is 0 Å². The molecular formula is C75H90N2O20. The quantitative estimate of drug-likeness (QED) is 0.0213. The molecule has 22 heteroatoms. The van der Waals surface area contributed by atoms with Crippen LogP contribution >= 0.6 is 0 Å². The molecule has 6 aromatic rings. The summed E-state index contributed by atoms with van der Waals surface area (Å²) in [6, 6.07) is 56.0. The Bertz CT molecular complexity index is 3290. The SMILES string of the molecule is CC(=O)N[C@H]1[C@H](OCCCCCCNC(=O)OCc2ccccc2)O[C@H](COCc2ccccc2)[C@@H](O[C@@H]2O[C@H](COCc3ccccc3)[C@H](OC(C)=O)[C@H](OC(C)=O)[C@H]2OC(C)=O)[C@@H]1O[C@@H]1O[C@@H](C)[C@@H](OCc2ccccc2)[C@@H](OCc2ccccc2)[C@@H]1OCc1ccccc1. The van der Waals surface area contributed by atoms with Crippen molar-refractivity contribution in [3.63, 3.8) is 0 Å². The van der Waals surface area contributed by atoms with Crippen LogP contribution in [0.4, 0.5) is 4.79 Å². The van der Waals surface area contributed by atoms with Gasteiger partial charge in [0.1, 0.15) is 55.4 Å². The van der Waals surface area contributed by atoms with Crippen molar-refractivity contribution in [2.75, 3.05) is 26.4 Å². The predicted octanol–water partition coefficient (Wildman–Crippen LogP) is 9.94. The zero-order chi connectivity index (χ0) is 68.1. The molecule has 0 aromatic heterocycles. The zero-order valence-corrected chi connectivity index (χ0v) is 55.5. The van der Waals surface area contributed by atoms with Crippen LogP contribution in [0.1, 0.15) is 93.7 Å². The Labute approximate surface area is 567 Å². The van der Waals surface area contributed by atoms with Crippen LogP contribution in [0.5, 0.6) is 0 Å². The summed E-state index contributed by atoms with van der Waals surface area (Å²) in [5.74, 6) is -2.89. The molecule has 0 spiro atoms. The number of benzene rings is 6. The Balaban J connectivity index is 1.09. The fourth-order valence-electron chi connectivity index (χ4n) is 11.8. The van der Waals surface area contributed by atoms with Gasteiger partial charge in [0, 0.05) is 40.8 Å². The van der Waals surface area contributed by atoms with Crippen LogP contribution in [0.2, 0.25) is 0 Å². The van der Waals surface area contributed by atoms with E-state index < -0.39 is 122 Å². The molecule has 520 valence electrons. The van der Waals surface area contributed by atoms with E-state index in [1.165, 1.54) is 20.8 Å². The van der Waals surface area contributed by atoms with Gasteiger partial charge in [-0.2, -0.15) is 0 Å². The van der Waals surface area contributed by atoms with E-state index in [0.717, 1.165) is 46.7 Å². The highest BCUT2D eigenvalue weighted by atomic mass is 16.8. The number of amides is 2. The van der Waals surface area contributed by atoms with Crippen LogP contribution in [-0.2, 0) is 130 Å². The number of rotatable bonds is 35. The number of ether oxygens (including phenoxy) is 15. The maximum Gasteiger partial charge on any atom is 0.407 e. The van der Waals surface area contributed by atoms with E-state index in [4.69, 9.17) is 71.1 Å². The third kappa shape index (κ3) is 23.4. The fourth-order valence-corrected chi connectivity index (χ4v) is 11.8. The van der Waals surface area contributed by atoms with Gasteiger partial charge < -0.3 is 81.7 Å². The molecule has 0 radical (unpaired) electrons. The van der Waals surface area contributed by atoms with Crippen molar-refractivity contribution in [1.29, 1.82) is 0 Å². The highest BCUT2D eigenvalue weighted by Crippen LogP contribution is 2.39. The van der Waals surface area contributed by atoms with Crippen molar-refractivity contribution in [3.8, 4) is 0 Å². The Kier molecular flexibility index (Phi) is 29.3. The Hall–Kier alpha value is -7.97. The maximum atomic E-state index is 13.9. The number of carbonyl (C=O) groups excluding carboxylic acids is 5. The van der Waals surface area contributed by atoms with Gasteiger partial charge in [-0.3, -0.25) is 19.2 Å². The minimum Gasteiger partial charge on any atom is -0.456 e. The molecule has 15 atom stereocenters. The molecular weight excluding hydrogens is 1250 g/mol. The van der Waals surface area contributed by atoms with Gasteiger partial charge in [-0.05, 0) is 53.1 Å². The van der Waals surface area contributed by atoms with Crippen molar-refractivity contribution >= 4 is 29.9 Å². The Morgan fingerprint density at radius 1 is 0.381 bits per heavy atom. The van der Waals surface area contributed by atoms with Gasteiger partial charge in [0.05, 0.1) is 52.4 Å². The number of hydrogen-bond acceptors (Lipinski definition) is 20. The largest absolute Gasteiger partial charge is 0.456 e. The second-order valence-corrected chi connectivity index (χ2v) is 24.0. The monoisotopic (exact) mass is 1340 g/mol. The molecule has 0 unspecified atom stereocenters. The second kappa shape index (κ2) is 38.8. The topological polar surface area (TPSA) is 248 Å². The number of hydrogen-bond donors (Lipinski definition) is 2. The summed E-state index contributed by atoms with van der Waals surface area (Å²) in [7, 11) is 0. The molecule has 2 N–H and O–H groups in total. The Morgan fingerprint density at radius 2 is 0.784 bits per heavy atom. The smallest absolute Gasteiger partial charge is 0.407 e. The number of alkyl carbamates (subject to hydrolysis) is 1. The van der Waals surface area contributed by atoms with Crippen LogP contribution < -0.4 is 10.6 Å². The first kappa shape index (κ1) is 73.3. The van der Waals surface area contributed by atoms with Gasteiger partial charge in [0.25, 0.3) is 0 Å². The molecule has 22 nitrogen and oxygen atoms in total. The molecule has 0 aliphatic carbocycles. The molecule has 0 bridgehead atoms. The van der Waals surface area contributed by atoms with Crippen LogP contribution in [0.3, 0.4) is 0 Å². The average Bonchev–Trinajstić information content (AvgIpc) is 0.754. The summed E-state index contributed by atoms with van der Waals surface area (Å²) in [4.78, 5) is 66.3. The van der Waals surface area contributed by atoms with E-state index in [9.17, 15) is 24.0 Å². The standard InChI is InChI=1S/C75H90N2O20/c1-50-64(86-44-57-32-18-10-19-33-57)68(87-45-58-34-20-11-21-35-58)70(88-46-59-36-22-12-23-37-59)73(90-50)97-67-63(77-51(2)78)72(85-41-27-7-6-26-40-76-75(82)89-47-60-38-24-13-25-39-60)94-61(48-83-42-55-28-14-8-15-29-55)65(67)96-74-71(93-54(5)81)69(92-53(4)80)66(91-52(3)79)62(95-74)49-84-43-56-30-16-9-17-31-56/h8-25,28-39,50,61-74H,6-7,26-27,40-49H2,1-5H3,(H,76,82)(H,77,78)/t50-,61+,62+,63+,64+,65+,66-,67+,68+,69-,70-,71+,72+,73-,74-/m0/s1. The summed E-state index contributed by atoms with van der Waals surface area (Å²) < 4.78 is 99.5. The first-order valence-corrected chi connectivity index (χ1v) is 33.1. The van der Waals surface area contributed by atoms with E-state index in [2.05, 4.69) is 10.6 Å². The molecule has 3 heterocycles. The molecule has 97 heavy (non-hydrogen) atoms. The molecule has 2 amide bonds. The van der Waals surface area contributed by atoms with Crippen LogP contribution in [0.15, 0.2) is 182 Å². The predicted molar refractivity (Wildman–Crippen MR) is 352 cm³/mol. The molecule has 3 fully saturated rings. The van der Waals surface area contributed by atoms with Crippen LogP contribution in [-0.4, -0.2) is 148 Å². The highest BCUT2D eigenvalue weighted by molar-refractivity contribution is 5.73. The summed E-state index contributed by atoms with van der Waals surface area (Å²) in [6.07, 6.45) is -15.7. The van der Waals surface area contributed by atoms with Crippen molar-refractivity contribution < 1.29 is 95.0 Å². The Morgan fingerprint density at radius 3 is 1.28 bits per heavy atom. The minimum absolute atomic E-state index is 0.0629. The summed E-state index contributed by atoms with van der Waals surface area (Å²) >= 11 is 0. The van der Waals surface area contributed by atoms with E-state index in [1.54, 1.807) is 0 Å². The number of esters is 3. The van der Waals surface area contributed by atoms with Crippen molar-refractivity contribution in [3.05, 3.63) is 215 Å². The van der Waals surface area contributed by atoms with E-state index in [-0.39, 0.29) is 59.5 Å².